The molecule has 0 aliphatic heterocycles. The zero-order valence-electron chi connectivity index (χ0n) is 10.4. The third kappa shape index (κ3) is 3.83. The van der Waals surface area contributed by atoms with Gasteiger partial charge in [-0.15, -0.1) is 0 Å². The molecule has 0 aliphatic rings. The molecule has 17 heavy (non-hydrogen) atoms. The van der Waals surface area contributed by atoms with E-state index < -0.39 is 5.69 Å². The van der Waals surface area contributed by atoms with Crippen molar-refractivity contribution in [2.45, 2.75) is 26.5 Å². The second-order valence-electron chi connectivity index (χ2n) is 4.00. The number of hydrogen-bond acceptors (Lipinski definition) is 4. The van der Waals surface area contributed by atoms with Gasteiger partial charge in [-0.1, -0.05) is 13.8 Å². The van der Waals surface area contributed by atoms with Crippen LogP contribution in [0.15, 0.2) is 15.8 Å². The summed E-state index contributed by atoms with van der Waals surface area (Å²) in [4.78, 5) is 25.2. The van der Waals surface area contributed by atoms with Gasteiger partial charge in [-0.3, -0.25) is 14.3 Å². The van der Waals surface area contributed by atoms with Gasteiger partial charge < -0.3 is 9.47 Å². The lowest BCUT2D eigenvalue weighted by molar-refractivity contribution is 0.0319. The highest BCUT2D eigenvalue weighted by atomic mass is 16.5. The number of nitrogens with zero attached hydrogens (tertiary/aromatic N) is 1. The molecule has 1 rings (SSSR count). The van der Waals surface area contributed by atoms with Crippen molar-refractivity contribution in [1.82, 2.24) is 9.55 Å². The third-order valence-corrected chi connectivity index (χ3v) is 2.32. The molecule has 1 N–H and O–H groups in total. The van der Waals surface area contributed by atoms with Gasteiger partial charge in [0.2, 0.25) is 0 Å². The van der Waals surface area contributed by atoms with Crippen LogP contribution in [0.1, 0.15) is 25.3 Å². The summed E-state index contributed by atoms with van der Waals surface area (Å²) in [5.74, 6) is 0.0598. The lowest BCUT2D eigenvalue weighted by atomic mass is 10.1. The van der Waals surface area contributed by atoms with E-state index in [1.54, 1.807) is 13.3 Å². The Bertz CT molecular complexity index is 461. The van der Waals surface area contributed by atoms with Crippen LogP contribution in [0.25, 0.3) is 0 Å². The Balaban J connectivity index is 2.81. The number of ether oxygens (including phenoxy) is 2. The van der Waals surface area contributed by atoms with Crippen molar-refractivity contribution in [2.24, 2.45) is 0 Å². The summed E-state index contributed by atoms with van der Waals surface area (Å²) < 4.78 is 11.4. The predicted molar refractivity (Wildman–Crippen MR) is 63.2 cm³/mol. The second-order valence-corrected chi connectivity index (χ2v) is 4.00. The standard InChI is InChI=1S/C11H18N2O4/c1-8(2)9-6-13(7-17-5-4-16-3)11(15)12-10(9)14/h6,8H,4-5,7H2,1-3H3,(H,12,14,15). The molecule has 0 saturated heterocycles. The van der Waals surface area contributed by atoms with Crippen LogP contribution in [0.2, 0.25) is 0 Å². The number of methoxy groups -OCH3 is 1. The molecule has 0 radical (unpaired) electrons. The predicted octanol–water partition coefficient (Wildman–Crippen LogP) is 0.280. The zero-order valence-corrected chi connectivity index (χ0v) is 10.4. The van der Waals surface area contributed by atoms with E-state index in [0.29, 0.717) is 18.8 Å². The topological polar surface area (TPSA) is 73.3 Å². The zero-order chi connectivity index (χ0) is 12.8. The van der Waals surface area contributed by atoms with Crippen LogP contribution in [0.5, 0.6) is 0 Å². The molecule has 6 nitrogen and oxygen atoms in total. The molecule has 0 aliphatic carbocycles. The molecule has 0 unspecified atom stereocenters. The number of rotatable bonds is 6. The molecule has 0 aromatic carbocycles. The van der Waals surface area contributed by atoms with Gasteiger partial charge in [0.1, 0.15) is 6.73 Å². The molecule has 0 amide bonds. The number of aromatic nitrogens is 2. The summed E-state index contributed by atoms with van der Waals surface area (Å²) >= 11 is 0. The fraction of sp³-hybridized carbons (Fsp3) is 0.636. The summed E-state index contributed by atoms with van der Waals surface area (Å²) in [7, 11) is 1.58. The van der Waals surface area contributed by atoms with Crippen molar-refractivity contribution >= 4 is 0 Å². The minimum Gasteiger partial charge on any atom is -0.382 e. The van der Waals surface area contributed by atoms with Crippen molar-refractivity contribution < 1.29 is 9.47 Å². The van der Waals surface area contributed by atoms with Crippen LogP contribution in [-0.4, -0.2) is 29.9 Å². The molecule has 1 aromatic heterocycles. The van der Waals surface area contributed by atoms with Crippen LogP contribution in [0, 0.1) is 0 Å². The minimum atomic E-state index is -0.461. The van der Waals surface area contributed by atoms with Crippen LogP contribution in [-0.2, 0) is 16.2 Å². The van der Waals surface area contributed by atoms with Gasteiger partial charge in [-0.05, 0) is 5.92 Å². The average molecular weight is 242 g/mol. The van der Waals surface area contributed by atoms with Gasteiger partial charge in [-0.2, -0.15) is 0 Å². The van der Waals surface area contributed by atoms with Crippen molar-refractivity contribution in [3.05, 3.63) is 32.6 Å². The van der Waals surface area contributed by atoms with E-state index in [2.05, 4.69) is 4.98 Å². The van der Waals surface area contributed by atoms with E-state index in [1.807, 2.05) is 13.8 Å². The van der Waals surface area contributed by atoms with Crippen molar-refractivity contribution in [3.8, 4) is 0 Å². The van der Waals surface area contributed by atoms with E-state index in [1.165, 1.54) is 4.57 Å². The first-order chi connectivity index (χ1) is 8.06. The molecular formula is C11H18N2O4. The maximum atomic E-state index is 11.5. The van der Waals surface area contributed by atoms with Crippen LogP contribution >= 0.6 is 0 Å². The number of nitrogens with one attached hydrogen (secondary N) is 1. The van der Waals surface area contributed by atoms with Gasteiger partial charge in [0.25, 0.3) is 5.56 Å². The first-order valence-corrected chi connectivity index (χ1v) is 5.46. The van der Waals surface area contributed by atoms with Crippen LogP contribution < -0.4 is 11.2 Å². The molecule has 0 spiro atoms. The van der Waals surface area contributed by atoms with Gasteiger partial charge in [0, 0.05) is 18.9 Å². The van der Waals surface area contributed by atoms with Crippen LogP contribution in [0.4, 0.5) is 0 Å². The molecule has 1 aromatic rings. The SMILES string of the molecule is COCCOCn1cc(C(C)C)c(=O)[nH]c1=O. The van der Waals surface area contributed by atoms with Crippen LogP contribution in [0.3, 0.4) is 0 Å². The van der Waals surface area contributed by atoms with E-state index in [4.69, 9.17) is 9.47 Å². The molecule has 1 heterocycles. The minimum absolute atomic E-state index is 0.0598. The van der Waals surface area contributed by atoms with Gasteiger partial charge in [0.05, 0.1) is 13.2 Å². The highest BCUT2D eigenvalue weighted by Crippen LogP contribution is 2.06. The molecular weight excluding hydrogens is 224 g/mol. The average Bonchev–Trinajstić information content (AvgIpc) is 2.26. The molecule has 6 heteroatoms. The van der Waals surface area contributed by atoms with Gasteiger partial charge >= 0.3 is 5.69 Å². The lowest BCUT2D eigenvalue weighted by Gasteiger charge is -2.09. The van der Waals surface area contributed by atoms with Crippen molar-refractivity contribution in [2.75, 3.05) is 20.3 Å². The normalized spacial score (nSPS) is 11.1. The summed E-state index contributed by atoms with van der Waals surface area (Å²) in [6.07, 6.45) is 1.54. The van der Waals surface area contributed by atoms with E-state index in [0.717, 1.165) is 0 Å². The molecule has 0 atom stereocenters. The number of H-pyrrole nitrogens is 1. The Morgan fingerprint density at radius 3 is 2.65 bits per heavy atom. The fourth-order valence-corrected chi connectivity index (χ4v) is 1.34. The third-order valence-electron chi connectivity index (χ3n) is 2.32. The summed E-state index contributed by atoms with van der Waals surface area (Å²) in [6, 6.07) is 0. The van der Waals surface area contributed by atoms with E-state index in [-0.39, 0.29) is 18.2 Å². The summed E-state index contributed by atoms with van der Waals surface area (Å²) in [5, 5.41) is 0. The number of hydrogen-bond donors (Lipinski definition) is 1. The Labute approximate surface area is 99.2 Å². The first-order valence-electron chi connectivity index (χ1n) is 5.46. The fourth-order valence-electron chi connectivity index (χ4n) is 1.34. The lowest BCUT2D eigenvalue weighted by Crippen LogP contribution is -2.32. The first kappa shape index (κ1) is 13.7. The summed E-state index contributed by atoms with van der Waals surface area (Å²) in [5.41, 5.74) is -0.227. The highest BCUT2D eigenvalue weighted by molar-refractivity contribution is 5.08. The Hall–Kier alpha value is -1.40. The van der Waals surface area contributed by atoms with Crippen molar-refractivity contribution in [1.29, 1.82) is 0 Å². The Kier molecular flexibility index (Phi) is 5.11. The molecule has 0 saturated carbocycles. The second kappa shape index (κ2) is 6.36. The molecule has 0 fully saturated rings. The molecule has 0 bridgehead atoms. The van der Waals surface area contributed by atoms with Gasteiger partial charge in [0.15, 0.2) is 0 Å². The van der Waals surface area contributed by atoms with E-state index >= 15 is 0 Å². The Morgan fingerprint density at radius 2 is 2.06 bits per heavy atom. The smallest absolute Gasteiger partial charge is 0.330 e. The Morgan fingerprint density at radius 1 is 1.35 bits per heavy atom. The summed E-state index contributed by atoms with van der Waals surface area (Å²) in [6.45, 7) is 4.77. The maximum absolute atomic E-state index is 11.5. The largest absolute Gasteiger partial charge is 0.382 e. The highest BCUT2D eigenvalue weighted by Gasteiger charge is 2.07. The maximum Gasteiger partial charge on any atom is 0.330 e. The quantitative estimate of drug-likeness (QED) is 0.727. The van der Waals surface area contributed by atoms with Gasteiger partial charge in [-0.25, -0.2) is 4.79 Å². The monoisotopic (exact) mass is 242 g/mol. The molecule has 96 valence electrons. The number of aromatic amines is 1. The van der Waals surface area contributed by atoms with E-state index in [9.17, 15) is 9.59 Å². The van der Waals surface area contributed by atoms with Crippen molar-refractivity contribution in [3.63, 3.8) is 0 Å².